The van der Waals surface area contributed by atoms with Gasteiger partial charge in [0.1, 0.15) is 5.82 Å². The molecule has 0 aliphatic heterocycles. The van der Waals surface area contributed by atoms with Crippen molar-refractivity contribution in [3.05, 3.63) is 48.0 Å². The fourth-order valence-electron chi connectivity index (χ4n) is 1.63. The minimum Gasteiger partial charge on any atom is -0.378 e. The number of anilines is 1. The summed E-state index contributed by atoms with van der Waals surface area (Å²) in [5.74, 6) is 0.993. The first-order chi connectivity index (χ1) is 7.88. The second-order valence-corrected chi connectivity index (χ2v) is 3.82. The van der Waals surface area contributed by atoms with Crippen molar-refractivity contribution in [1.82, 2.24) is 9.97 Å². The summed E-state index contributed by atoms with van der Waals surface area (Å²) in [5.41, 5.74) is 2.34. The molecule has 0 spiro atoms. The molecule has 2 rings (SSSR count). The molecule has 0 aliphatic carbocycles. The molecule has 0 unspecified atom stereocenters. The monoisotopic (exact) mass is 215 g/mol. The molecule has 1 aromatic carbocycles. The number of imidazole rings is 1. The lowest BCUT2D eigenvalue weighted by molar-refractivity contribution is 0.880. The topological polar surface area (TPSA) is 40.7 Å². The second-order valence-electron chi connectivity index (χ2n) is 3.82. The summed E-state index contributed by atoms with van der Waals surface area (Å²) >= 11 is 0. The molecule has 0 aliphatic rings. The fraction of sp³-hybridized carbons (Fsp3) is 0.308. The predicted octanol–water partition coefficient (Wildman–Crippen LogP) is 2.97. The van der Waals surface area contributed by atoms with Gasteiger partial charge >= 0.3 is 0 Å². The van der Waals surface area contributed by atoms with Gasteiger partial charge in [0.2, 0.25) is 0 Å². The van der Waals surface area contributed by atoms with Crippen LogP contribution in [0.15, 0.2) is 36.5 Å². The number of aromatic amines is 1. The minimum absolute atomic E-state index is 0.744. The Bertz CT molecular complexity index is 420. The average molecular weight is 215 g/mol. The molecule has 3 nitrogen and oxygen atoms in total. The molecule has 0 fully saturated rings. The zero-order chi connectivity index (χ0) is 11.2. The molecule has 2 aromatic rings. The Kier molecular flexibility index (Phi) is 3.59. The average Bonchev–Trinajstić information content (AvgIpc) is 2.76. The van der Waals surface area contributed by atoms with E-state index in [9.17, 15) is 0 Å². The molecule has 3 heteroatoms. The Morgan fingerprint density at radius 2 is 2.06 bits per heavy atom. The molecule has 0 saturated heterocycles. The van der Waals surface area contributed by atoms with Crippen LogP contribution in [-0.2, 0) is 13.0 Å². The fourth-order valence-corrected chi connectivity index (χ4v) is 1.63. The summed E-state index contributed by atoms with van der Waals surface area (Å²) in [7, 11) is 0. The zero-order valence-electron chi connectivity index (χ0n) is 9.53. The van der Waals surface area contributed by atoms with Gasteiger partial charge in [-0.05, 0) is 18.6 Å². The van der Waals surface area contributed by atoms with Gasteiger partial charge in [-0.1, -0.05) is 31.5 Å². The summed E-state index contributed by atoms with van der Waals surface area (Å²) < 4.78 is 0. The Morgan fingerprint density at radius 3 is 2.81 bits per heavy atom. The lowest BCUT2D eigenvalue weighted by Gasteiger charge is -2.03. The highest BCUT2D eigenvalue weighted by molar-refractivity contribution is 5.42. The van der Waals surface area contributed by atoms with E-state index in [1.54, 1.807) is 0 Å². The van der Waals surface area contributed by atoms with Gasteiger partial charge in [0.25, 0.3) is 0 Å². The first-order valence-electron chi connectivity index (χ1n) is 5.70. The Labute approximate surface area is 95.9 Å². The molecule has 1 heterocycles. The maximum Gasteiger partial charge on any atom is 0.125 e. The van der Waals surface area contributed by atoms with E-state index >= 15 is 0 Å². The lowest BCUT2D eigenvalue weighted by atomic mass is 10.3. The number of benzene rings is 1. The van der Waals surface area contributed by atoms with Gasteiger partial charge < -0.3 is 10.3 Å². The third-order valence-corrected chi connectivity index (χ3v) is 2.43. The molecule has 0 bridgehead atoms. The first kappa shape index (κ1) is 10.7. The van der Waals surface area contributed by atoms with Crippen LogP contribution >= 0.6 is 0 Å². The van der Waals surface area contributed by atoms with Crippen molar-refractivity contribution in [2.45, 2.75) is 26.3 Å². The molecule has 0 radical (unpaired) electrons. The van der Waals surface area contributed by atoms with Crippen LogP contribution in [0, 0.1) is 0 Å². The smallest absolute Gasteiger partial charge is 0.125 e. The largest absolute Gasteiger partial charge is 0.378 e. The summed E-state index contributed by atoms with van der Waals surface area (Å²) in [5, 5.41) is 3.32. The van der Waals surface area contributed by atoms with Gasteiger partial charge in [-0.3, -0.25) is 0 Å². The molecular formula is C13H17N3. The molecule has 0 amide bonds. The van der Waals surface area contributed by atoms with Crippen LogP contribution < -0.4 is 5.32 Å². The number of nitrogens with zero attached hydrogens (tertiary/aromatic N) is 1. The SMILES string of the molecule is CCCc1cnc(CNc2ccccc2)[nH]1. The Hall–Kier alpha value is -1.77. The van der Waals surface area contributed by atoms with Gasteiger partial charge in [-0.15, -0.1) is 0 Å². The number of aromatic nitrogens is 2. The van der Waals surface area contributed by atoms with Crippen LogP contribution in [0.1, 0.15) is 24.9 Å². The van der Waals surface area contributed by atoms with E-state index in [-0.39, 0.29) is 0 Å². The number of aryl methyl sites for hydroxylation is 1. The van der Waals surface area contributed by atoms with Crippen LogP contribution in [-0.4, -0.2) is 9.97 Å². The van der Waals surface area contributed by atoms with Crippen molar-refractivity contribution in [3.8, 4) is 0 Å². The quantitative estimate of drug-likeness (QED) is 0.805. The maximum atomic E-state index is 4.33. The first-order valence-corrected chi connectivity index (χ1v) is 5.70. The summed E-state index contributed by atoms with van der Waals surface area (Å²) in [6.07, 6.45) is 4.14. The van der Waals surface area contributed by atoms with Gasteiger partial charge in [0.05, 0.1) is 6.54 Å². The third kappa shape index (κ3) is 2.86. The standard InChI is InChI=1S/C13H17N3/c1-2-6-12-9-15-13(16-12)10-14-11-7-4-3-5-8-11/h3-5,7-9,14H,2,6,10H2,1H3,(H,15,16). The van der Waals surface area contributed by atoms with E-state index in [2.05, 4.69) is 34.3 Å². The van der Waals surface area contributed by atoms with Gasteiger partial charge in [0, 0.05) is 17.6 Å². The summed E-state index contributed by atoms with van der Waals surface area (Å²) in [4.78, 5) is 7.64. The van der Waals surface area contributed by atoms with Crippen LogP contribution in [0.4, 0.5) is 5.69 Å². The molecular weight excluding hydrogens is 198 g/mol. The Balaban J connectivity index is 1.89. The van der Waals surface area contributed by atoms with Crippen LogP contribution in [0.25, 0.3) is 0 Å². The van der Waals surface area contributed by atoms with Crippen molar-refractivity contribution in [2.75, 3.05) is 5.32 Å². The molecule has 1 aromatic heterocycles. The van der Waals surface area contributed by atoms with E-state index in [1.165, 1.54) is 5.69 Å². The predicted molar refractivity (Wildman–Crippen MR) is 66.4 cm³/mol. The van der Waals surface area contributed by atoms with Crippen molar-refractivity contribution in [2.24, 2.45) is 0 Å². The van der Waals surface area contributed by atoms with Crippen molar-refractivity contribution >= 4 is 5.69 Å². The van der Waals surface area contributed by atoms with Crippen LogP contribution in [0.5, 0.6) is 0 Å². The number of hydrogen-bond donors (Lipinski definition) is 2. The highest BCUT2D eigenvalue weighted by atomic mass is 15.0. The third-order valence-electron chi connectivity index (χ3n) is 2.43. The van der Waals surface area contributed by atoms with E-state index in [0.29, 0.717) is 0 Å². The van der Waals surface area contributed by atoms with Gasteiger partial charge in [0.15, 0.2) is 0 Å². The number of rotatable bonds is 5. The van der Waals surface area contributed by atoms with E-state index in [4.69, 9.17) is 0 Å². The lowest BCUT2D eigenvalue weighted by Crippen LogP contribution is -2.00. The van der Waals surface area contributed by atoms with Crippen molar-refractivity contribution in [1.29, 1.82) is 0 Å². The maximum absolute atomic E-state index is 4.33. The number of hydrogen-bond acceptors (Lipinski definition) is 2. The zero-order valence-corrected chi connectivity index (χ0v) is 9.53. The normalized spacial score (nSPS) is 10.3. The van der Waals surface area contributed by atoms with E-state index in [1.807, 2.05) is 24.4 Å². The second kappa shape index (κ2) is 5.35. The molecule has 84 valence electrons. The summed E-state index contributed by atoms with van der Waals surface area (Å²) in [6, 6.07) is 10.2. The molecule has 0 atom stereocenters. The van der Waals surface area contributed by atoms with Crippen molar-refractivity contribution in [3.63, 3.8) is 0 Å². The van der Waals surface area contributed by atoms with E-state index < -0.39 is 0 Å². The van der Waals surface area contributed by atoms with Gasteiger partial charge in [-0.2, -0.15) is 0 Å². The molecule has 0 saturated carbocycles. The summed E-state index contributed by atoms with van der Waals surface area (Å²) in [6.45, 7) is 2.91. The van der Waals surface area contributed by atoms with Crippen LogP contribution in [0.3, 0.4) is 0 Å². The minimum atomic E-state index is 0.744. The van der Waals surface area contributed by atoms with Gasteiger partial charge in [-0.25, -0.2) is 4.98 Å². The number of nitrogens with one attached hydrogen (secondary N) is 2. The van der Waals surface area contributed by atoms with Crippen LogP contribution in [0.2, 0.25) is 0 Å². The number of para-hydroxylation sites is 1. The van der Waals surface area contributed by atoms with E-state index in [0.717, 1.165) is 30.9 Å². The molecule has 2 N–H and O–H groups in total. The number of H-pyrrole nitrogens is 1. The van der Waals surface area contributed by atoms with Crippen molar-refractivity contribution < 1.29 is 0 Å². The highest BCUT2D eigenvalue weighted by Gasteiger charge is 1.99. The Morgan fingerprint density at radius 1 is 1.25 bits per heavy atom. The molecule has 16 heavy (non-hydrogen) atoms. The highest BCUT2D eigenvalue weighted by Crippen LogP contribution is 2.07.